The summed E-state index contributed by atoms with van der Waals surface area (Å²) in [5.41, 5.74) is 10.2. The molecule has 2 aromatic heterocycles. The average Bonchev–Trinajstić information content (AvgIpc) is 2.82. The number of piperidine rings is 1. The highest BCUT2D eigenvalue weighted by Crippen LogP contribution is 2.28. The second-order valence-corrected chi connectivity index (χ2v) is 9.94. The maximum Gasteiger partial charge on any atom is 0.267 e. The van der Waals surface area contributed by atoms with Crippen LogP contribution in [0.4, 0.5) is 0 Å². The van der Waals surface area contributed by atoms with E-state index in [9.17, 15) is 9.90 Å². The Morgan fingerprint density at radius 2 is 2.00 bits per heavy atom. The standard InChI is InChI=1S/C25H36N8O3/c1-16(34)12-20(26)22(28)33-21(27)13-19(25(2,3)4)24(31-33)36-15-18-9-8-17(14-29-18)23(35)30-32-10-6-5-7-11-32/h8-9,12-14,20,27-28,34H,5-7,10-11,15,26H2,1-4H3,(H,30,35)/b16-12-,27-21?,28-22?. The molecule has 0 aromatic carbocycles. The maximum absolute atomic E-state index is 12.5. The Hall–Kier alpha value is -3.57. The zero-order valence-corrected chi connectivity index (χ0v) is 21.3. The molecule has 3 rings (SSSR count). The van der Waals surface area contributed by atoms with Crippen LogP contribution in [0.15, 0.2) is 36.2 Å². The molecule has 6 N–H and O–H groups in total. The zero-order valence-electron chi connectivity index (χ0n) is 21.3. The van der Waals surface area contributed by atoms with Crippen molar-refractivity contribution in [1.29, 1.82) is 10.8 Å². The van der Waals surface area contributed by atoms with Crippen LogP contribution in [0.25, 0.3) is 0 Å². The first-order chi connectivity index (χ1) is 17.0. The van der Waals surface area contributed by atoms with Gasteiger partial charge in [-0.1, -0.05) is 27.2 Å². The van der Waals surface area contributed by atoms with Crippen molar-refractivity contribution >= 4 is 11.7 Å². The molecule has 2 aromatic rings. The van der Waals surface area contributed by atoms with Crippen LogP contribution in [0.5, 0.6) is 5.88 Å². The number of carbonyl (C=O) groups excluding carboxylic acids is 1. The lowest BCUT2D eigenvalue weighted by atomic mass is 9.88. The van der Waals surface area contributed by atoms with E-state index in [1.54, 1.807) is 18.2 Å². The number of amides is 1. The quantitative estimate of drug-likeness (QED) is 0.223. The van der Waals surface area contributed by atoms with Gasteiger partial charge in [-0.15, -0.1) is 5.10 Å². The second kappa shape index (κ2) is 11.4. The highest BCUT2D eigenvalue weighted by atomic mass is 16.5. The largest absolute Gasteiger partial charge is 0.513 e. The number of aromatic nitrogens is 3. The highest BCUT2D eigenvalue weighted by molar-refractivity contribution is 5.93. The Balaban J connectivity index is 1.77. The maximum atomic E-state index is 12.5. The van der Waals surface area contributed by atoms with Gasteiger partial charge < -0.3 is 15.6 Å². The Labute approximate surface area is 211 Å². The first-order valence-corrected chi connectivity index (χ1v) is 12.0. The van der Waals surface area contributed by atoms with Crippen LogP contribution < -0.4 is 21.4 Å². The molecule has 0 radical (unpaired) electrons. The van der Waals surface area contributed by atoms with Crippen LogP contribution in [-0.2, 0) is 12.0 Å². The highest BCUT2D eigenvalue weighted by Gasteiger charge is 2.24. The molecule has 1 unspecified atom stereocenters. The van der Waals surface area contributed by atoms with Crippen LogP contribution in [-0.4, -0.2) is 55.8 Å². The monoisotopic (exact) mass is 496 g/mol. The number of nitrogens with two attached hydrogens (primary N) is 1. The third-order valence-electron chi connectivity index (χ3n) is 5.76. The lowest BCUT2D eigenvalue weighted by molar-refractivity contribution is 0.0749. The van der Waals surface area contributed by atoms with E-state index in [1.165, 1.54) is 25.6 Å². The fraction of sp³-hybridized carbons (Fsp3) is 0.480. The first-order valence-electron chi connectivity index (χ1n) is 12.0. The lowest BCUT2D eigenvalue weighted by Gasteiger charge is -2.26. The number of aliphatic hydroxyl groups excluding tert-OH is 1. The summed E-state index contributed by atoms with van der Waals surface area (Å²) in [4.78, 5) is 16.9. The van der Waals surface area contributed by atoms with E-state index in [0.29, 0.717) is 16.8 Å². The molecule has 194 valence electrons. The molecule has 11 heteroatoms. The number of nitrogens with one attached hydrogen (secondary N) is 3. The number of ether oxygens (including phenoxy) is 1. The van der Waals surface area contributed by atoms with E-state index < -0.39 is 6.04 Å². The summed E-state index contributed by atoms with van der Waals surface area (Å²) in [5.74, 6) is -0.154. The van der Waals surface area contributed by atoms with Gasteiger partial charge in [-0.3, -0.25) is 26.0 Å². The van der Waals surface area contributed by atoms with Crippen LogP contribution in [0.3, 0.4) is 0 Å². The molecular formula is C25H36N8O3. The number of nitrogens with zero attached hydrogens (tertiary/aromatic N) is 4. The summed E-state index contributed by atoms with van der Waals surface area (Å²) >= 11 is 0. The summed E-state index contributed by atoms with van der Waals surface area (Å²) in [6.45, 7) is 9.17. The van der Waals surface area contributed by atoms with Crippen LogP contribution in [0, 0.1) is 10.8 Å². The normalized spacial score (nSPS) is 15.9. The van der Waals surface area contributed by atoms with Crippen molar-refractivity contribution in [3.05, 3.63) is 58.5 Å². The van der Waals surface area contributed by atoms with Gasteiger partial charge in [0.15, 0.2) is 0 Å². The summed E-state index contributed by atoms with van der Waals surface area (Å²) in [6, 6.07) is 4.08. The van der Waals surface area contributed by atoms with Crippen molar-refractivity contribution in [3.8, 4) is 5.88 Å². The number of rotatable bonds is 7. The molecule has 36 heavy (non-hydrogen) atoms. The first kappa shape index (κ1) is 27.0. The van der Waals surface area contributed by atoms with Crippen molar-refractivity contribution in [3.63, 3.8) is 0 Å². The molecule has 0 aliphatic carbocycles. The van der Waals surface area contributed by atoms with Gasteiger partial charge in [-0.2, -0.15) is 4.68 Å². The Kier molecular flexibility index (Phi) is 8.59. The van der Waals surface area contributed by atoms with Crippen LogP contribution >= 0.6 is 0 Å². The Morgan fingerprint density at radius 1 is 1.31 bits per heavy atom. The molecule has 0 saturated carbocycles. The zero-order chi connectivity index (χ0) is 26.5. The molecule has 1 aliphatic heterocycles. The Bertz CT molecular complexity index is 1170. The van der Waals surface area contributed by atoms with E-state index in [0.717, 1.165) is 30.6 Å². The number of pyridine rings is 1. The molecule has 0 spiro atoms. The predicted molar refractivity (Wildman–Crippen MR) is 136 cm³/mol. The third kappa shape index (κ3) is 6.98. The number of hydrogen-bond donors (Lipinski definition) is 5. The van der Waals surface area contributed by atoms with Crippen molar-refractivity contribution in [2.45, 2.75) is 65.0 Å². The van der Waals surface area contributed by atoms with Crippen molar-refractivity contribution in [2.24, 2.45) is 5.73 Å². The van der Waals surface area contributed by atoms with Crippen LogP contribution in [0.2, 0.25) is 0 Å². The van der Waals surface area contributed by atoms with Gasteiger partial charge in [0.1, 0.15) is 17.9 Å². The number of carbonyl (C=O) groups is 1. The van der Waals surface area contributed by atoms with E-state index >= 15 is 0 Å². The van der Waals surface area contributed by atoms with Crippen molar-refractivity contribution < 1.29 is 14.6 Å². The van der Waals surface area contributed by atoms with Gasteiger partial charge in [-0.05, 0) is 49.5 Å². The fourth-order valence-corrected chi connectivity index (χ4v) is 3.77. The molecular weight excluding hydrogens is 460 g/mol. The second-order valence-electron chi connectivity index (χ2n) is 9.94. The van der Waals surface area contributed by atoms with Gasteiger partial charge >= 0.3 is 0 Å². The van der Waals surface area contributed by atoms with Gasteiger partial charge in [0, 0.05) is 24.8 Å². The molecule has 1 atom stereocenters. The van der Waals surface area contributed by atoms with E-state index in [2.05, 4.69) is 15.5 Å². The minimum atomic E-state index is -0.949. The Morgan fingerprint density at radius 3 is 2.58 bits per heavy atom. The number of allylic oxidation sites excluding steroid dienone is 1. The molecule has 0 bridgehead atoms. The number of hydrogen-bond acceptors (Lipinski definition) is 9. The van der Waals surface area contributed by atoms with E-state index in [4.69, 9.17) is 21.3 Å². The SMILES string of the molecule is C/C(O)=C/C(N)C(=N)n1nc(OCc2ccc(C(=O)NN3CCCCC3)cn2)c(C(C)(C)C)cc1=N. The summed E-state index contributed by atoms with van der Waals surface area (Å²) < 4.78 is 7.07. The minimum absolute atomic E-state index is 0.0266. The van der Waals surface area contributed by atoms with E-state index in [1.807, 2.05) is 25.8 Å². The molecule has 11 nitrogen and oxygen atoms in total. The molecule has 1 amide bonds. The smallest absolute Gasteiger partial charge is 0.267 e. The predicted octanol–water partition coefficient (Wildman–Crippen LogP) is 2.38. The van der Waals surface area contributed by atoms with Crippen molar-refractivity contribution in [2.75, 3.05) is 13.1 Å². The lowest BCUT2D eigenvalue weighted by Crippen LogP contribution is -2.45. The number of aliphatic hydroxyl groups is 1. The van der Waals surface area contributed by atoms with Crippen LogP contribution in [0.1, 0.15) is 68.6 Å². The summed E-state index contributed by atoms with van der Waals surface area (Å²) in [6.07, 6.45) is 6.16. The fourth-order valence-electron chi connectivity index (χ4n) is 3.77. The van der Waals surface area contributed by atoms with Crippen molar-refractivity contribution in [1.82, 2.24) is 25.2 Å². The molecule has 1 fully saturated rings. The van der Waals surface area contributed by atoms with Gasteiger partial charge in [0.2, 0.25) is 5.88 Å². The minimum Gasteiger partial charge on any atom is -0.513 e. The molecule has 1 aliphatic rings. The van der Waals surface area contributed by atoms with Gasteiger partial charge in [0.25, 0.3) is 5.91 Å². The number of hydrazine groups is 1. The molecule has 3 heterocycles. The van der Waals surface area contributed by atoms with E-state index in [-0.39, 0.29) is 40.9 Å². The van der Waals surface area contributed by atoms with Gasteiger partial charge in [-0.25, -0.2) is 5.01 Å². The third-order valence-corrected chi connectivity index (χ3v) is 5.76. The topological polar surface area (TPSA) is 166 Å². The van der Waals surface area contributed by atoms with Gasteiger partial charge in [0.05, 0.1) is 23.1 Å². The average molecular weight is 497 g/mol. The summed E-state index contributed by atoms with van der Waals surface area (Å²) in [5, 5.41) is 32.5. The molecule has 1 saturated heterocycles. The summed E-state index contributed by atoms with van der Waals surface area (Å²) in [7, 11) is 0.